The first-order valence-corrected chi connectivity index (χ1v) is 6.15. The molecule has 0 fully saturated rings. The highest BCUT2D eigenvalue weighted by Gasteiger charge is 2.07. The normalized spacial score (nSPS) is 11.6. The van der Waals surface area contributed by atoms with Crippen molar-refractivity contribution in [1.29, 1.82) is 0 Å². The quantitative estimate of drug-likeness (QED) is 0.677. The Balaban J connectivity index is 0.00000121. The summed E-state index contributed by atoms with van der Waals surface area (Å²) in [5.74, 6) is 0. The van der Waals surface area contributed by atoms with Crippen LogP contribution < -0.4 is 0 Å². The van der Waals surface area contributed by atoms with Crippen molar-refractivity contribution in [3.63, 3.8) is 0 Å². The van der Waals surface area contributed by atoms with Gasteiger partial charge in [-0.15, -0.1) is 0 Å². The lowest BCUT2D eigenvalue weighted by molar-refractivity contribution is 1.22. The number of aromatic nitrogens is 1. The predicted molar refractivity (Wildman–Crippen MR) is 78.1 cm³/mol. The van der Waals surface area contributed by atoms with Gasteiger partial charge in [0.05, 0.1) is 5.69 Å². The van der Waals surface area contributed by atoms with Gasteiger partial charge in [0.1, 0.15) is 0 Å². The molecule has 0 aromatic carbocycles. The molecule has 0 bridgehead atoms. The van der Waals surface area contributed by atoms with Gasteiger partial charge >= 0.3 is 0 Å². The van der Waals surface area contributed by atoms with E-state index in [1.807, 2.05) is 52.0 Å². The summed E-state index contributed by atoms with van der Waals surface area (Å²) in [6, 6.07) is 3.92. The molecule has 1 heterocycles. The van der Waals surface area contributed by atoms with Crippen LogP contribution in [0.1, 0.15) is 32.0 Å². The Morgan fingerprint density at radius 3 is 2.53 bits per heavy atom. The molecule has 0 amide bonds. The first kappa shape index (κ1) is 15.7. The van der Waals surface area contributed by atoms with Crippen molar-refractivity contribution in [3.05, 3.63) is 59.4 Å². The molecule has 1 aromatic rings. The molecule has 0 radical (unpaired) electrons. The number of hydrogen-bond acceptors (Lipinski definition) is 1. The lowest BCUT2D eigenvalue weighted by atomic mass is 10.1. The number of rotatable bonds is 3. The Hall–Kier alpha value is -1.34. The SMILES string of the molecule is C=C/C=C(\C(Cl)=C/C)c1ncccc1C.CC. The smallest absolute Gasteiger partial charge is 0.0745 e. The van der Waals surface area contributed by atoms with Crippen molar-refractivity contribution < 1.29 is 0 Å². The van der Waals surface area contributed by atoms with Crippen LogP contribution in [0.25, 0.3) is 5.57 Å². The van der Waals surface area contributed by atoms with Crippen molar-refractivity contribution in [2.75, 3.05) is 0 Å². The summed E-state index contributed by atoms with van der Waals surface area (Å²) < 4.78 is 0. The van der Waals surface area contributed by atoms with Gasteiger partial charge in [-0.2, -0.15) is 0 Å². The Labute approximate surface area is 110 Å². The first-order valence-electron chi connectivity index (χ1n) is 5.77. The lowest BCUT2D eigenvalue weighted by Gasteiger charge is -2.07. The summed E-state index contributed by atoms with van der Waals surface area (Å²) in [6.07, 6.45) is 7.21. The van der Waals surface area contributed by atoms with Crippen LogP contribution in [0.3, 0.4) is 0 Å². The van der Waals surface area contributed by atoms with E-state index >= 15 is 0 Å². The van der Waals surface area contributed by atoms with E-state index in [1.54, 1.807) is 12.3 Å². The van der Waals surface area contributed by atoms with Gasteiger partial charge in [0.2, 0.25) is 0 Å². The Kier molecular flexibility index (Phi) is 8.08. The van der Waals surface area contributed by atoms with Crippen LogP contribution in [-0.4, -0.2) is 4.98 Å². The Bertz CT molecular complexity index is 417. The molecular weight excluding hydrogens is 230 g/mol. The number of halogens is 1. The van der Waals surface area contributed by atoms with Gasteiger partial charge in [-0.1, -0.05) is 56.3 Å². The standard InChI is InChI=1S/C13H14ClN.C2H6/c1-4-7-11(12(14)5-2)13-10(3)8-6-9-15-13;1-2/h4-9H,1H2,2-3H3;1-2H3/b11-7+,12-5+;. The summed E-state index contributed by atoms with van der Waals surface area (Å²) >= 11 is 6.12. The zero-order valence-corrected chi connectivity index (χ0v) is 11.8. The van der Waals surface area contributed by atoms with E-state index in [2.05, 4.69) is 11.6 Å². The number of hydrogen-bond donors (Lipinski definition) is 0. The second kappa shape index (κ2) is 8.77. The highest BCUT2D eigenvalue weighted by molar-refractivity contribution is 6.36. The number of aryl methyl sites for hydroxylation is 1. The minimum Gasteiger partial charge on any atom is -0.256 e. The molecule has 0 atom stereocenters. The maximum Gasteiger partial charge on any atom is 0.0745 e. The van der Waals surface area contributed by atoms with E-state index in [9.17, 15) is 0 Å². The van der Waals surface area contributed by atoms with Gasteiger partial charge in [0, 0.05) is 16.8 Å². The van der Waals surface area contributed by atoms with Crippen LogP contribution in [0.15, 0.2) is 48.2 Å². The minimum absolute atomic E-state index is 0.691. The fourth-order valence-electron chi connectivity index (χ4n) is 1.31. The molecule has 0 spiro atoms. The molecule has 17 heavy (non-hydrogen) atoms. The second-order valence-electron chi connectivity index (χ2n) is 3.12. The molecule has 0 unspecified atom stereocenters. The topological polar surface area (TPSA) is 12.9 Å². The van der Waals surface area contributed by atoms with E-state index in [0.29, 0.717) is 5.03 Å². The third-order valence-electron chi connectivity index (χ3n) is 2.06. The molecule has 1 nitrogen and oxygen atoms in total. The van der Waals surface area contributed by atoms with Crippen LogP contribution in [0.4, 0.5) is 0 Å². The summed E-state index contributed by atoms with van der Waals surface area (Å²) in [7, 11) is 0. The van der Waals surface area contributed by atoms with Crippen molar-refractivity contribution in [3.8, 4) is 0 Å². The van der Waals surface area contributed by atoms with Crippen LogP contribution in [0.5, 0.6) is 0 Å². The highest BCUT2D eigenvalue weighted by Crippen LogP contribution is 2.26. The summed E-state index contributed by atoms with van der Waals surface area (Å²) in [5, 5.41) is 0.691. The molecule has 0 aliphatic rings. The number of nitrogens with zero attached hydrogens (tertiary/aromatic N) is 1. The van der Waals surface area contributed by atoms with Crippen LogP contribution in [-0.2, 0) is 0 Å². The van der Waals surface area contributed by atoms with Crippen molar-refractivity contribution in [2.45, 2.75) is 27.7 Å². The zero-order valence-electron chi connectivity index (χ0n) is 11.0. The van der Waals surface area contributed by atoms with Gasteiger partial charge in [-0.25, -0.2) is 0 Å². The van der Waals surface area contributed by atoms with Crippen molar-refractivity contribution >= 4 is 17.2 Å². The van der Waals surface area contributed by atoms with Gasteiger partial charge in [-0.3, -0.25) is 4.98 Å². The second-order valence-corrected chi connectivity index (χ2v) is 3.53. The molecule has 1 rings (SSSR count). The molecule has 1 aromatic heterocycles. The third kappa shape index (κ3) is 4.58. The van der Waals surface area contributed by atoms with Crippen LogP contribution >= 0.6 is 11.6 Å². The minimum atomic E-state index is 0.691. The zero-order chi connectivity index (χ0) is 13.3. The van der Waals surface area contributed by atoms with E-state index in [-0.39, 0.29) is 0 Å². The maximum atomic E-state index is 6.12. The van der Waals surface area contributed by atoms with Gasteiger partial charge < -0.3 is 0 Å². The van der Waals surface area contributed by atoms with Gasteiger partial charge in [0.25, 0.3) is 0 Å². The molecular formula is C15H20ClN. The molecule has 0 aliphatic carbocycles. The van der Waals surface area contributed by atoms with E-state index in [4.69, 9.17) is 11.6 Å². The van der Waals surface area contributed by atoms with Gasteiger partial charge in [-0.05, 0) is 25.5 Å². The number of allylic oxidation sites excluding steroid dienone is 5. The fraction of sp³-hybridized carbons (Fsp3) is 0.267. The molecule has 0 saturated carbocycles. The van der Waals surface area contributed by atoms with Crippen LogP contribution in [0.2, 0.25) is 0 Å². The summed E-state index contributed by atoms with van der Waals surface area (Å²) in [5.41, 5.74) is 2.92. The Morgan fingerprint density at radius 2 is 2.06 bits per heavy atom. The molecule has 0 N–H and O–H groups in total. The predicted octanol–water partition coefficient (Wildman–Crippen LogP) is 5.13. The molecule has 2 heteroatoms. The van der Waals surface area contributed by atoms with Crippen molar-refractivity contribution in [1.82, 2.24) is 4.98 Å². The van der Waals surface area contributed by atoms with E-state index in [1.165, 1.54) is 0 Å². The molecule has 0 aliphatic heterocycles. The highest BCUT2D eigenvalue weighted by atomic mass is 35.5. The third-order valence-corrected chi connectivity index (χ3v) is 2.48. The largest absolute Gasteiger partial charge is 0.256 e. The fourth-order valence-corrected chi connectivity index (χ4v) is 1.47. The van der Waals surface area contributed by atoms with Crippen molar-refractivity contribution in [2.24, 2.45) is 0 Å². The average molecular weight is 250 g/mol. The summed E-state index contributed by atoms with van der Waals surface area (Å²) in [4.78, 5) is 4.32. The summed E-state index contributed by atoms with van der Waals surface area (Å²) in [6.45, 7) is 11.6. The van der Waals surface area contributed by atoms with E-state index < -0.39 is 0 Å². The monoisotopic (exact) mass is 249 g/mol. The molecule has 92 valence electrons. The van der Waals surface area contributed by atoms with Gasteiger partial charge in [0.15, 0.2) is 0 Å². The Morgan fingerprint density at radius 1 is 1.41 bits per heavy atom. The van der Waals surface area contributed by atoms with E-state index in [0.717, 1.165) is 16.8 Å². The van der Waals surface area contributed by atoms with Crippen LogP contribution in [0, 0.1) is 6.92 Å². The number of pyridine rings is 1. The maximum absolute atomic E-state index is 6.12. The first-order chi connectivity index (χ1) is 8.20. The average Bonchev–Trinajstić information content (AvgIpc) is 2.38. The molecule has 0 saturated heterocycles. The lowest BCUT2D eigenvalue weighted by Crippen LogP contribution is -1.93.